The molecule has 116 valence electrons. The Balaban J connectivity index is 2.10. The lowest BCUT2D eigenvalue weighted by molar-refractivity contribution is -0.115. The highest BCUT2D eigenvalue weighted by molar-refractivity contribution is 7.92. The van der Waals surface area contributed by atoms with Crippen molar-refractivity contribution in [2.75, 3.05) is 15.9 Å². The van der Waals surface area contributed by atoms with Gasteiger partial charge in [-0.3, -0.25) is 9.52 Å². The Morgan fingerprint density at radius 3 is 2.45 bits per heavy atom. The second kappa shape index (κ2) is 7.24. The SMILES string of the molecule is O=C(CCCl)Nc1ccc(S(=O)(=O)Nc2ccccn2)cc1. The molecule has 1 amide bonds. The van der Waals surface area contributed by atoms with E-state index in [0.29, 0.717) is 5.69 Å². The highest BCUT2D eigenvalue weighted by Crippen LogP contribution is 2.17. The van der Waals surface area contributed by atoms with Gasteiger partial charge in [0.25, 0.3) is 10.0 Å². The van der Waals surface area contributed by atoms with Gasteiger partial charge in [0.1, 0.15) is 5.82 Å². The maximum Gasteiger partial charge on any atom is 0.263 e. The van der Waals surface area contributed by atoms with E-state index in [1.165, 1.54) is 30.5 Å². The Hall–Kier alpha value is -2.12. The van der Waals surface area contributed by atoms with E-state index in [1.807, 2.05) is 0 Å². The van der Waals surface area contributed by atoms with Crippen LogP contribution in [0.3, 0.4) is 0 Å². The Morgan fingerprint density at radius 2 is 1.86 bits per heavy atom. The molecule has 8 heteroatoms. The van der Waals surface area contributed by atoms with Crippen molar-refractivity contribution in [3.63, 3.8) is 0 Å². The zero-order chi connectivity index (χ0) is 16.0. The molecule has 2 rings (SSSR count). The summed E-state index contributed by atoms with van der Waals surface area (Å²) in [5.74, 6) is 0.242. The summed E-state index contributed by atoms with van der Waals surface area (Å²) in [5.41, 5.74) is 0.506. The molecule has 0 aliphatic carbocycles. The smallest absolute Gasteiger partial charge is 0.263 e. The molecule has 2 aromatic rings. The van der Waals surface area contributed by atoms with Crippen molar-refractivity contribution in [1.29, 1.82) is 0 Å². The molecule has 1 heterocycles. The van der Waals surface area contributed by atoms with Gasteiger partial charge in [-0.15, -0.1) is 11.6 Å². The Kier molecular flexibility index (Phi) is 5.35. The van der Waals surface area contributed by atoms with Gasteiger partial charge in [-0.25, -0.2) is 13.4 Å². The number of alkyl halides is 1. The van der Waals surface area contributed by atoms with Crippen LogP contribution in [0, 0.1) is 0 Å². The van der Waals surface area contributed by atoms with Gasteiger partial charge in [-0.05, 0) is 36.4 Å². The zero-order valence-electron chi connectivity index (χ0n) is 11.5. The minimum Gasteiger partial charge on any atom is -0.326 e. The van der Waals surface area contributed by atoms with Crippen LogP contribution >= 0.6 is 11.6 Å². The summed E-state index contributed by atoms with van der Waals surface area (Å²) in [5, 5.41) is 2.62. The standard InChI is InChI=1S/C14H14ClN3O3S/c15-9-8-14(19)17-11-4-6-12(7-5-11)22(20,21)18-13-3-1-2-10-16-13/h1-7,10H,8-9H2,(H,16,18)(H,17,19). The summed E-state index contributed by atoms with van der Waals surface area (Å²) in [6.07, 6.45) is 1.69. The van der Waals surface area contributed by atoms with Crippen LogP contribution in [0.4, 0.5) is 11.5 Å². The largest absolute Gasteiger partial charge is 0.326 e. The molecule has 22 heavy (non-hydrogen) atoms. The molecule has 0 spiro atoms. The van der Waals surface area contributed by atoms with Crippen LogP contribution in [-0.4, -0.2) is 25.2 Å². The number of amides is 1. The fourth-order valence-electron chi connectivity index (χ4n) is 1.65. The molecule has 0 atom stereocenters. The van der Waals surface area contributed by atoms with Gasteiger partial charge in [0.15, 0.2) is 0 Å². The van der Waals surface area contributed by atoms with E-state index in [1.54, 1.807) is 18.2 Å². The number of pyridine rings is 1. The van der Waals surface area contributed by atoms with Crippen LogP contribution in [0.15, 0.2) is 53.6 Å². The molecule has 2 N–H and O–H groups in total. The predicted octanol–water partition coefficient (Wildman–Crippen LogP) is 2.45. The maximum absolute atomic E-state index is 12.2. The number of anilines is 2. The predicted molar refractivity (Wildman–Crippen MR) is 85.5 cm³/mol. The fraction of sp³-hybridized carbons (Fsp3) is 0.143. The molecule has 1 aromatic carbocycles. The number of aromatic nitrogens is 1. The Bertz CT molecular complexity index is 734. The molecule has 0 bridgehead atoms. The number of hydrogen-bond donors (Lipinski definition) is 2. The van der Waals surface area contributed by atoms with E-state index < -0.39 is 10.0 Å². The molecule has 0 fully saturated rings. The van der Waals surface area contributed by atoms with Gasteiger partial charge in [0.05, 0.1) is 4.90 Å². The van der Waals surface area contributed by atoms with Crippen molar-refractivity contribution in [3.05, 3.63) is 48.7 Å². The topological polar surface area (TPSA) is 88.2 Å². The van der Waals surface area contributed by atoms with E-state index in [-0.39, 0.29) is 28.9 Å². The lowest BCUT2D eigenvalue weighted by Gasteiger charge is -2.08. The summed E-state index contributed by atoms with van der Waals surface area (Å²) in [4.78, 5) is 15.4. The highest BCUT2D eigenvalue weighted by Gasteiger charge is 2.14. The number of carbonyl (C=O) groups is 1. The Morgan fingerprint density at radius 1 is 1.14 bits per heavy atom. The molecule has 0 unspecified atom stereocenters. The Labute approximate surface area is 133 Å². The second-order valence-corrected chi connectivity index (χ2v) is 6.39. The molecule has 6 nitrogen and oxygen atoms in total. The van der Waals surface area contributed by atoms with Crippen molar-refractivity contribution in [2.24, 2.45) is 0 Å². The minimum absolute atomic E-state index is 0.0773. The van der Waals surface area contributed by atoms with Gasteiger partial charge >= 0.3 is 0 Å². The first-order valence-corrected chi connectivity index (χ1v) is 8.43. The van der Waals surface area contributed by atoms with Gasteiger partial charge < -0.3 is 5.32 Å². The van der Waals surface area contributed by atoms with Gasteiger partial charge in [0, 0.05) is 24.2 Å². The number of sulfonamides is 1. The van der Waals surface area contributed by atoms with Crippen molar-refractivity contribution >= 4 is 39.0 Å². The molecule has 0 saturated heterocycles. The van der Waals surface area contributed by atoms with E-state index in [2.05, 4.69) is 15.0 Å². The first-order chi connectivity index (χ1) is 10.5. The number of nitrogens with zero attached hydrogens (tertiary/aromatic N) is 1. The van der Waals surface area contributed by atoms with Crippen LogP contribution in [0.1, 0.15) is 6.42 Å². The summed E-state index contributed by atoms with van der Waals surface area (Å²) in [6, 6.07) is 10.8. The third-order valence-corrected chi connectivity index (χ3v) is 4.23. The second-order valence-electron chi connectivity index (χ2n) is 4.33. The molecular weight excluding hydrogens is 326 g/mol. The van der Waals surface area contributed by atoms with Crippen LogP contribution in [0.5, 0.6) is 0 Å². The monoisotopic (exact) mass is 339 g/mol. The summed E-state index contributed by atoms with van der Waals surface area (Å²) >= 11 is 5.47. The van der Waals surface area contributed by atoms with Crippen LogP contribution in [0.2, 0.25) is 0 Å². The van der Waals surface area contributed by atoms with Crippen LogP contribution in [-0.2, 0) is 14.8 Å². The van der Waals surface area contributed by atoms with Crippen molar-refractivity contribution in [1.82, 2.24) is 4.98 Å². The first kappa shape index (κ1) is 16.3. The number of halogens is 1. The number of benzene rings is 1. The van der Waals surface area contributed by atoms with Gasteiger partial charge in [-0.1, -0.05) is 6.07 Å². The van der Waals surface area contributed by atoms with E-state index >= 15 is 0 Å². The normalized spacial score (nSPS) is 11.0. The first-order valence-electron chi connectivity index (χ1n) is 6.41. The van der Waals surface area contributed by atoms with Crippen LogP contribution < -0.4 is 10.0 Å². The maximum atomic E-state index is 12.2. The van der Waals surface area contributed by atoms with Gasteiger partial charge in [0.2, 0.25) is 5.91 Å². The number of hydrogen-bond acceptors (Lipinski definition) is 4. The zero-order valence-corrected chi connectivity index (χ0v) is 13.1. The van der Waals surface area contributed by atoms with E-state index in [0.717, 1.165) is 0 Å². The molecule has 0 saturated carbocycles. The highest BCUT2D eigenvalue weighted by atomic mass is 35.5. The summed E-state index contributed by atoms with van der Waals surface area (Å²) in [6.45, 7) is 0. The number of nitrogens with one attached hydrogen (secondary N) is 2. The number of carbonyl (C=O) groups excluding carboxylic acids is 1. The summed E-state index contributed by atoms with van der Waals surface area (Å²) in [7, 11) is -3.72. The summed E-state index contributed by atoms with van der Waals surface area (Å²) < 4.78 is 26.7. The molecule has 1 aromatic heterocycles. The van der Waals surface area contributed by atoms with E-state index in [4.69, 9.17) is 11.6 Å². The third kappa shape index (κ3) is 4.44. The lowest BCUT2D eigenvalue weighted by Crippen LogP contribution is -2.14. The number of rotatable bonds is 6. The average molecular weight is 340 g/mol. The van der Waals surface area contributed by atoms with Crippen molar-refractivity contribution in [3.8, 4) is 0 Å². The lowest BCUT2D eigenvalue weighted by atomic mass is 10.3. The minimum atomic E-state index is -3.72. The van der Waals surface area contributed by atoms with Crippen molar-refractivity contribution < 1.29 is 13.2 Å². The molecule has 0 aliphatic heterocycles. The molecule has 0 aliphatic rings. The molecule has 0 radical (unpaired) electrons. The van der Waals surface area contributed by atoms with E-state index in [9.17, 15) is 13.2 Å². The van der Waals surface area contributed by atoms with Crippen molar-refractivity contribution in [2.45, 2.75) is 11.3 Å². The van der Waals surface area contributed by atoms with Crippen LogP contribution in [0.25, 0.3) is 0 Å². The quantitative estimate of drug-likeness (QED) is 0.791. The average Bonchev–Trinajstić information content (AvgIpc) is 2.48. The fourth-order valence-corrected chi connectivity index (χ4v) is 2.83. The molecular formula is C14H14ClN3O3S. The van der Waals surface area contributed by atoms with Gasteiger partial charge in [-0.2, -0.15) is 0 Å². The third-order valence-electron chi connectivity index (χ3n) is 2.67.